The molecule has 2 saturated heterocycles. The van der Waals surface area contributed by atoms with Gasteiger partial charge in [0.05, 0.1) is 13.0 Å². The number of fused-ring (bicyclic) bond motifs is 1. The van der Waals surface area contributed by atoms with Crippen molar-refractivity contribution >= 4 is 0 Å². The van der Waals surface area contributed by atoms with Crippen LogP contribution in [0.15, 0.2) is 0 Å². The predicted octanol–water partition coefficient (Wildman–Crippen LogP) is -0.954. The molecule has 1 nitrogen and oxygen atoms in total. The van der Waals surface area contributed by atoms with Crippen LogP contribution in [0.2, 0.25) is 0 Å². The van der Waals surface area contributed by atoms with E-state index in [1.54, 1.807) is 0 Å². The summed E-state index contributed by atoms with van der Waals surface area (Å²) in [6.07, 6.45) is 1.51. The molecule has 2 aliphatic heterocycles. The highest BCUT2D eigenvalue weighted by Crippen LogP contribution is 2.12. The third-order valence-corrected chi connectivity index (χ3v) is 2.30. The minimum atomic E-state index is 1.05. The van der Waals surface area contributed by atoms with Crippen LogP contribution in [0.25, 0.3) is 0 Å². The first-order valence-corrected chi connectivity index (χ1v) is 2.75. The first-order chi connectivity index (χ1) is 2.89. The zero-order valence-corrected chi connectivity index (χ0v) is 4.07. The molecule has 0 aromatic rings. The number of nitrogens with one attached hydrogen (secondary N) is 1. The minimum absolute atomic E-state index is 1.05. The number of quaternary nitrogens is 1. The molecule has 0 radical (unpaired) electrons. The summed E-state index contributed by atoms with van der Waals surface area (Å²) in [4.78, 5) is 1.86. The smallest absolute Gasteiger partial charge is 0.145 e. The van der Waals surface area contributed by atoms with E-state index < -0.39 is 0 Å². The van der Waals surface area contributed by atoms with Gasteiger partial charge < -0.3 is 4.90 Å². The molecule has 3 unspecified atom stereocenters. The van der Waals surface area contributed by atoms with E-state index >= 15 is 0 Å². The van der Waals surface area contributed by atoms with Gasteiger partial charge in [0.25, 0.3) is 0 Å². The average molecular weight is 84.1 g/mol. The highest BCUT2D eigenvalue weighted by Gasteiger charge is 2.57. The largest absolute Gasteiger partial charge is 0.320 e. The Labute approximate surface area is 37.9 Å². The lowest BCUT2D eigenvalue weighted by Gasteiger charge is -2.03. The van der Waals surface area contributed by atoms with Gasteiger partial charge >= 0.3 is 0 Å². The molecule has 0 aromatic carbocycles. The first kappa shape index (κ1) is 3.03. The van der Waals surface area contributed by atoms with E-state index in [0.29, 0.717) is 0 Å². The molecule has 2 fully saturated rings. The molecule has 2 rings (SSSR count). The summed E-state index contributed by atoms with van der Waals surface area (Å²) < 4.78 is 0. The fourth-order valence-corrected chi connectivity index (χ4v) is 1.50. The van der Waals surface area contributed by atoms with Gasteiger partial charge in [-0.2, -0.15) is 0 Å². The molecular formula is C5H10N+. The standard InChI is InChI=1S/C5H9N/c1-4-5-2-3-6(4)5/h4-5H,2-3H2,1H3/p+1. The van der Waals surface area contributed by atoms with Gasteiger partial charge in [0.15, 0.2) is 0 Å². The maximum absolute atomic E-state index is 2.34. The summed E-state index contributed by atoms with van der Waals surface area (Å²) in [5.74, 6) is 0. The normalized spacial score (nSPS) is 62.5. The van der Waals surface area contributed by atoms with E-state index in [9.17, 15) is 0 Å². The van der Waals surface area contributed by atoms with E-state index in [-0.39, 0.29) is 0 Å². The van der Waals surface area contributed by atoms with Crippen molar-refractivity contribution in [3.8, 4) is 0 Å². The van der Waals surface area contributed by atoms with Gasteiger partial charge in [-0.3, -0.25) is 0 Å². The molecule has 0 aliphatic carbocycles. The fraction of sp³-hybridized carbons (Fsp3) is 1.00. The van der Waals surface area contributed by atoms with E-state index in [0.717, 1.165) is 12.1 Å². The molecule has 1 N–H and O–H groups in total. The Balaban J connectivity index is 2.11. The molecule has 3 atom stereocenters. The summed E-state index contributed by atoms with van der Waals surface area (Å²) in [6, 6.07) is 2.16. The van der Waals surface area contributed by atoms with Gasteiger partial charge in [0.2, 0.25) is 0 Å². The van der Waals surface area contributed by atoms with Crippen LogP contribution in [-0.4, -0.2) is 18.6 Å². The van der Waals surface area contributed by atoms with Crippen molar-refractivity contribution in [1.29, 1.82) is 0 Å². The Morgan fingerprint density at radius 3 is 2.33 bits per heavy atom. The molecule has 0 aromatic heterocycles. The quantitative estimate of drug-likeness (QED) is 0.361. The second-order valence-electron chi connectivity index (χ2n) is 2.51. The number of rotatable bonds is 0. The molecule has 0 saturated carbocycles. The molecule has 0 bridgehead atoms. The van der Waals surface area contributed by atoms with Crippen LogP contribution >= 0.6 is 0 Å². The van der Waals surface area contributed by atoms with Crippen molar-refractivity contribution in [2.45, 2.75) is 25.4 Å². The van der Waals surface area contributed by atoms with Crippen LogP contribution in [-0.2, 0) is 0 Å². The molecule has 34 valence electrons. The van der Waals surface area contributed by atoms with Crippen LogP contribution < -0.4 is 4.90 Å². The predicted molar refractivity (Wildman–Crippen MR) is 23.7 cm³/mol. The van der Waals surface area contributed by atoms with E-state index in [1.807, 2.05) is 4.90 Å². The third-order valence-electron chi connectivity index (χ3n) is 2.30. The molecule has 6 heavy (non-hydrogen) atoms. The summed E-state index contributed by atoms with van der Waals surface area (Å²) in [5.41, 5.74) is 0. The molecule has 2 heterocycles. The zero-order chi connectivity index (χ0) is 4.15. The van der Waals surface area contributed by atoms with Gasteiger partial charge in [0, 0.05) is 0 Å². The number of hydrogen-bond donors (Lipinski definition) is 1. The molecule has 1 heteroatoms. The minimum Gasteiger partial charge on any atom is -0.320 e. The van der Waals surface area contributed by atoms with Crippen molar-refractivity contribution in [3.63, 3.8) is 0 Å². The van der Waals surface area contributed by atoms with Gasteiger partial charge in [-0.25, -0.2) is 0 Å². The Kier molecular flexibility index (Phi) is 0.327. The van der Waals surface area contributed by atoms with E-state index in [1.165, 1.54) is 13.0 Å². The second kappa shape index (κ2) is 0.648. The first-order valence-electron chi connectivity index (χ1n) is 2.75. The lowest BCUT2D eigenvalue weighted by atomic mass is 10.2. The zero-order valence-electron chi connectivity index (χ0n) is 4.07. The van der Waals surface area contributed by atoms with Gasteiger partial charge in [-0.15, -0.1) is 0 Å². The monoisotopic (exact) mass is 84.1 g/mol. The maximum Gasteiger partial charge on any atom is 0.145 e. The Hall–Kier alpha value is -0.0400. The maximum atomic E-state index is 2.34. The molecular weight excluding hydrogens is 74.1 g/mol. The average Bonchev–Trinajstić information content (AvgIpc) is 1.63. The van der Waals surface area contributed by atoms with E-state index in [2.05, 4.69) is 6.92 Å². The van der Waals surface area contributed by atoms with Crippen molar-refractivity contribution in [3.05, 3.63) is 0 Å². The van der Waals surface area contributed by atoms with Crippen LogP contribution in [0.5, 0.6) is 0 Å². The van der Waals surface area contributed by atoms with Crippen LogP contribution in [0.3, 0.4) is 0 Å². The third kappa shape index (κ3) is 0.155. The van der Waals surface area contributed by atoms with Crippen molar-refractivity contribution < 1.29 is 4.90 Å². The molecule has 0 spiro atoms. The van der Waals surface area contributed by atoms with Crippen LogP contribution in [0, 0.1) is 0 Å². The number of hydrogen-bond acceptors (Lipinski definition) is 0. The van der Waals surface area contributed by atoms with Crippen molar-refractivity contribution in [2.75, 3.05) is 6.54 Å². The Morgan fingerprint density at radius 2 is 2.33 bits per heavy atom. The van der Waals surface area contributed by atoms with Crippen molar-refractivity contribution in [2.24, 2.45) is 0 Å². The Morgan fingerprint density at radius 1 is 1.67 bits per heavy atom. The lowest BCUT2D eigenvalue weighted by Crippen LogP contribution is -3.01. The SMILES string of the molecule is CC1C2CC[NH+]12. The second-order valence-corrected chi connectivity index (χ2v) is 2.51. The van der Waals surface area contributed by atoms with Crippen LogP contribution in [0.4, 0.5) is 0 Å². The summed E-state index contributed by atoms with van der Waals surface area (Å²) >= 11 is 0. The highest BCUT2D eigenvalue weighted by atomic mass is 15.4. The summed E-state index contributed by atoms with van der Waals surface area (Å²) in [5, 5.41) is 0. The fourth-order valence-electron chi connectivity index (χ4n) is 1.50. The molecule has 2 aliphatic rings. The van der Waals surface area contributed by atoms with E-state index in [4.69, 9.17) is 0 Å². The summed E-state index contributed by atoms with van der Waals surface area (Å²) in [6.45, 7) is 3.80. The van der Waals surface area contributed by atoms with Gasteiger partial charge in [-0.1, -0.05) is 0 Å². The Bertz CT molecular complexity index is 63.3. The van der Waals surface area contributed by atoms with Crippen LogP contribution in [0.1, 0.15) is 13.3 Å². The highest BCUT2D eigenvalue weighted by molar-refractivity contribution is 4.83. The lowest BCUT2D eigenvalue weighted by molar-refractivity contribution is -0.823. The van der Waals surface area contributed by atoms with Crippen molar-refractivity contribution in [1.82, 2.24) is 0 Å². The summed E-state index contributed by atoms with van der Waals surface area (Å²) in [7, 11) is 0. The topological polar surface area (TPSA) is 4.44 Å². The van der Waals surface area contributed by atoms with Gasteiger partial charge in [-0.05, 0) is 6.92 Å². The molecule has 0 amide bonds. The van der Waals surface area contributed by atoms with Gasteiger partial charge in [0.1, 0.15) is 12.1 Å².